The highest BCUT2D eigenvalue weighted by atomic mass is 35.5. The van der Waals surface area contributed by atoms with E-state index in [0.717, 1.165) is 76.0 Å². The zero-order chi connectivity index (χ0) is 28.1. The monoisotopic (exact) mass is 545 g/mol. The predicted molar refractivity (Wildman–Crippen MR) is 160 cm³/mol. The van der Waals surface area contributed by atoms with Gasteiger partial charge in [0.15, 0.2) is 5.78 Å². The molecule has 3 heterocycles. The molecule has 4 rings (SSSR count). The molecule has 1 aliphatic rings. The number of aryl methyl sites for hydroxylation is 1. The number of ketones is 1. The highest BCUT2D eigenvalue weighted by Crippen LogP contribution is 2.34. The molecule has 206 valence electrons. The number of aromatic nitrogens is 3. The number of rotatable bonds is 12. The summed E-state index contributed by atoms with van der Waals surface area (Å²) >= 11 is 6.86. The van der Waals surface area contributed by atoms with E-state index in [9.17, 15) is 4.79 Å². The van der Waals surface area contributed by atoms with Crippen molar-refractivity contribution in [2.75, 3.05) is 13.2 Å². The normalized spacial score (nSPS) is 14.1. The Morgan fingerprint density at radius 2 is 1.92 bits per heavy atom. The number of carbonyl (C=O) groups excluding carboxylic acids is 1. The molecule has 3 aromatic rings. The first kappa shape index (κ1) is 29.0. The molecule has 39 heavy (non-hydrogen) atoms. The van der Waals surface area contributed by atoms with Gasteiger partial charge in [0.25, 0.3) is 0 Å². The van der Waals surface area contributed by atoms with Crippen LogP contribution in [0.1, 0.15) is 97.4 Å². The Morgan fingerprint density at radius 1 is 1.15 bits per heavy atom. The van der Waals surface area contributed by atoms with Crippen molar-refractivity contribution in [2.24, 2.45) is 5.92 Å². The molecule has 0 amide bonds. The van der Waals surface area contributed by atoms with E-state index >= 15 is 0 Å². The summed E-state index contributed by atoms with van der Waals surface area (Å²) < 4.78 is 7.41. The van der Waals surface area contributed by atoms with Crippen LogP contribution < -0.4 is 0 Å². The number of benzene rings is 1. The van der Waals surface area contributed by atoms with E-state index in [0.29, 0.717) is 30.7 Å². The maximum absolute atomic E-state index is 12.7. The minimum absolute atomic E-state index is 0.0225. The molecule has 0 N–H and O–H groups in total. The predicted octanol–water partition coefficient (Wildman–Crippen LogP) is 7.85. The van der Waals surface area contributed by atoms with Gasteiger partial charge in [0.1, 0.15) is 0 Å². The van der Waals surface area contributed by atoms with E-state index < -0.39 is 0 Å². The van der Waals surface area contributed by atoms with Crippen molar-refractivity contribution in [2.45, 2.75) is 72.8 Å². The molecular weight excluding hydrogens is 506 g/mol. The second kappa shape index (κ2) is 12.9. The van der Waals surface area contributed by atoms with Crippen LogP contribution in [0.4, 0.5) is 0 Å². The number of hydrogen-bond donors (Lipinski definition) is 0. The lowest BCUT2D eigenvalue weighted by atomic mass is 9.93. The van der Waals surface area contributed by atoms with Crippen LogP contribution in [0.5, 0.6) is 0 Å². The van der Waals surface area contributed by atoms with Gasteiger partial charge >= 0.3 is 0 Å². The maximum Gasteiger partial charge on any atom is 0.165 e. The van der Waals surface area contributed by atoms with Gasteiger partial charge in [-0.3, -0.25) is 14.5 Å². The fourth-order valence-corrected chi connectivity index (χ4v) is 5.36. The van der Waals surface area contributed by atoms with Gasteiger partial charge < -0.3 is 4.74 Å². The third-order valence-corrected chi connectivity index (χ3v) is 7.68. The van der Waals surface area contributed by atoms with Crippen LogP contribution in [0.2, 0.25) is 5.02 Å². The summed E-state index contributed by atoms with van der Waals surface area (Å²) in [7, 11) is 0. The standard InChI is InChI=1S/C33H40ClN3O2/c1-7-10-22(6)13-28(32-30(34)15-25(16-35-32)26-19-39-20-26)29-17-36-37(31(29)9-3)18-23-11-12-27(24(8-2)14-23)33(38)21(4)5/h11-17,21,26H,6-10,18-20H2,1-5H3/b28-13+. The lowest BCUT2D eigenvalue weighted by molar-refractivity contribution is 0.00829. The van der Waals surface area contributed by atoms with Gasteiger partial charge in [-0.2, -0.15) is 5.10 Å². The smallest absolute Gasteiger partial charge is 0.165 e. The minimum Gasteiger partial charge on any atom is -0.380 e. The molecule has 5 nitrogen and oxygen atoms in total. The molecule has 0 unspecified atom stereocenters. The van der Waals surface area contributed by atoms with Crippen molar-refractivity contribution in [3.8, 4) is 0 Å². The molecule has 1 saturated heterocycles. The van der Waals surface area contributed by atoms with Crippen molar-refractivity contribution in [3.05, 3.63) is 99.1 Å². The summed E-state index contributed by atoms with van der Waals surface area (Å²) in [5, 5.41) is 5.44. The number of halogens is 1. The molecule has 1 aliphatic heterocycles. The zero-order valence-corrected chi connectivity index (χ0v) is 24.6. The van der Waals surface area contributed by atoms with Gasteiger partial charge in [0.05, 0.1) is 36.7 Å². The Hall–Kier alpha value is -3.02. The van der Waals surface area contributed by atoms with E-state index in [1.807, 2.05) is 38.4 Å². The largest absolute Gasteiger partial charge is 0.380 e. The summed E-state index contributed by atoms with van der Waals surface area (Å²) in [5.74, 6) is 0.526. The van der Waals surface area contributed by atoms with Crippen molar-refractivity contribution >= 4 is 23.0 Å². The molecule has 0 radical (unpaired) electrons. The topological polar surface area (TPSA) is 57.0 Å². The van der Waals surface area contributed by atoms with Crippen LogP contribution in [0.3, 0.4) is 0 Å². The molecule has 6 heteroatoms. The fourth-order valence-electron chi connectivity index (χ4n) is 5.08. The van der Waals surface area contributed by atoms with Crippen LogP contribution in [-0.2, 0) is 24.1 Å². The molecule has 1 aromatic carbocycles. The van der Waals surface area contributed by atoms with Crippen molar-refractivity contribution in [1.29, 1.82) is 0 Å². The molecule has 2 aromatic heterocycles. The second-order valence-electron chi connectivity index (χ2n) is 10.7. The zero-order valence-electron chi connectivity index (χ0n) is 23.9. The fraction of sp³-hybridized carbons (Fsp3) is 0.424. The lowest BCUT2D eigenvalue weighted by Gasteiger charge is -2.26. The average Bonchev–Trinajstić information content (AvgIpc) is 3.28. The summed E-state index contributed by atoms with van der Waals surface area (Å²) in [4.78, 5) is 17.5. The number of allylic oxidation sites excluding steroid dienone is 2. The van der Waals surface area contributed by atoms with Gasteiger partial charge in [-0.25, -0.2) is 0 Å². The first-order valence-corrected chi connectivity index (χ1v) is 14.5. The Kier molecular flexibility index (Phi) is 9.58. The highest BCUT2D eigenvalue weighted by molar-refractivity contribution is 6.32. The van der Waals surface area contributed by atoms with Crippen molar-refractivity contribution in [1.82, 2.24) is 14.8 Å². The highest BCUT2D eigenvalue weighted by Gasteiger charge is 2.24. The third-order valence-electron chi connectivity index (χ3n) is 7.39. The van der Waals surface area contributed by atoms with Gasteiger partial charge in [-0.15, -0.1) is 0 Å². The van der Waals surface area contributed by atoms with Crippen LogP contribution in [0.15, 0.2) is 54.9 Å². The molecule has 0 spiro atoms. The first-order valence-electron chi connectivity index (χ1n) is 14.1. The summed E-state index contributed by atoms with van der Waals surface area (Å²) in [6.45, 7) is 16.6. The molecular formula is C33H40ClN3O2. The van der Waals surface area contributed by atoms with Gasteiger partial charge in [-0.05, 0) is 48.1 Å². The number of carbonyl (C=O) groups is 1. The van der Waals surface area contributed by atoms with Crippen LogP contribution >= 0.6 is 11.6 Å². The van der Waals surface area contributed by atoms with Gasteiger partial charge in [0, 0.05) is 40.4 Å². The SMILES string of the molecule is C=C(/C=C(\c1cnn(Cc2ccc(C(=O)C(C)C)c(CC)c2)c1CC)c1ncc(C2COC2)cc1Cl)CCC. The molecule has 0 atom stereocenters. The Morgan fingerprint density at radius 3 is 2.51 bits per heavy atom. The molecule has 0 aliphatic carbocycles. The van der Waals surface area contributed by atoms with Crippen LogP contribution in [0, 0.1) is 5.92 Å². The molecule has 0 saturated carbocycles. The summed E-state index contributed by atoms with van der Waals surface area (Å²) in [5.41, 5.74) is 9.01. The second-order valence-corrected chi connectivity index (χ2v) is 11.1. The Balaban J connectivity index is 1.72. The van der Waals surface area contributed by atoms with Crippen LogP contribution in [-0.4, -0.2) is 33.8 Å². The number of pyridine rings is 1. The first-order chi connectivity index (χ1) is 18.8. The van der Waals surface area contributed by atoms with E-state index in [1.165, 1.54) is 0 Å². The van der Waals surface area contributed by atoms with Gasteiger partial charge in [-0.1, -0.05) is 83.0 Å². The summed E-state index contributed by atoms with van der Waals surface area (Å²) in [6.07, 6.45) is 9.49. The molecule has 0 bridgehead atoms. The van der Waals surface area contributed by atoms with E-state index in [4.69, 9.17) is 26.4 Å². The van der Waals surface area contributed by atoms with Gasteiger partial charge in [0.2, 0.25) is 0 Å². The minimum atomic E-state index is -0.0225. The van der Waals surface area contributed by atoms with Crippen molar-refractivity contribution < 1.29 is 9.53 Å². The number of Topliss-reactive ketones (excluding diaryl/α,β-unsaturated/α-hetero) is 1. The van der Waals surface area contributed by atoms with E-state index in [-0.39, 0.29) is 11.7 Å². The lowest BCUT2D eigenvalue weighted by Crippen LogP contribution is -2.25. The Bertz CT molecular complexity index is 1380. The van der Waals surface area contributed by atoms with E-state index in [2.05, 4.69) is 50.2 Å². The number of nitrogens with zero attached hydrogens (tertiary/aromatic N) is 3. The van der Waals surface area contributed by atoms with E-state index in [1.54, 1.807) is 0 Å². The third kappa shape index (κ3) is 6.42. The summed E-state index contributed by atoms with van der Waals surface area (Å²) in [6, 6.07) is 8.20. The molecule has 1 fully saturated rings. The quantitative estimate of drug-likeness (QED) is 0.172. The Labute approximate surface area is 237 Å². The number of hydrogen-bond acceptors (Lipinski definition) is 4. The average molecular weight is 546 g/mol. The number of ether oxygens (including phenoxy) is 1. The van der Waals surface area contributed by atoms with Crippen LogP contribution in [0.25, 0.3) is 5.57 Å². The van der Waals surface area contributed by atoms with Crippen molar-refractivity contribution in [3.63, 3.8) is 0 Å². The maximum atomic E-state index is 12.7.